The Morgan fingerprint density at radius 1 is 1.29 bits per heavy atom. The minimum absolute atomic E-state index is 0.0158. The zero-order chi connectivity index (χ0) is 17.9. The fourth-order valence-electron chi connectivity index (χ4n) is 3.27. The molecule has 1 aliphatic rings. The summed E-state index contributed by atoms with van der Waals surface area (Å²) in [5.74, 6) is -1.13. The van der Waals surface area contributed by atoms with Gasteiger partial charge in [-0.1, -0.05) is 0 Å². The highest BCUT2D eigenvalue weighted by Crippen LogP contribution is 2.24. The molecule has 0 spiro atoms. The van der Waals surface area contributed by atoms with Crippen molar-refractivity contribution < 1.29 is 18.7 Å². The van der Waals surface area contributed by atoms with Gasteiger partial charge in [0.25, 0.3) is 0 Å². The van der Waals surface area contributed by atoms with Crippen molar-refractivity contribution in [1.82, 2.24) is 4.90 Å². The largest absolute Gasteiger partial charge is 0.465 e. The van der Waals surface area contributed by atoms with E-state index in [-0.39, 0.29) is 30.1 Å². The molecule has 1 aliphatic heterocycles. The first-order chi connectivity index (χ1) is 11.3. The Hall–Kier alpha value is -2.11. The molecule has 1 fully saturated rings. The lowest BCUT2D eigenvalue weighted by Crippen LogP contribution is -2.49. The van der Waals surface area contributed by atoms with Crippen LogP contribution in [0.3, 0.4) is 0 Å². The molecule has 1 heterocycles. The first-order valence-corrected chi connectivity index (χ1v) is 8.28. The number of rotatable bonds is 4. The van der Waals surface area contributed by atoms with E-state index >= 15 is 0 Å². The maximum atomic E-state index is 14.0. The third-order valence-corrected chi connectivity index (χ3v) is 4.68. The average molecular weight is 336 g/mol. The number of nitrogens with zero attached hydrogens (tertiary/aromatic N) is 1. The van der Waals surface area contributed by atoms with E-state index in [1.54, 1.807) is 6.92 Å². The number of halogens is 1. The van der Waals surface area contributed by atoms with Crippen molar-refractivity contribution in [2.75, 3.05) is 19.0 Å². The van der Waals surface area contributed by atoms with Crippen molar-refractivity contribution in [2.45, 2.75) is 52.1 Å². The van der Waals surface area contributed by atoms with E-state index in [2.05, 4.69) is 23.9 Å². The molecule has 2 atom stereocenters. The van der Waals surface area contributed by atoms with Gasteiger partial charge >= 0.3 is 5.97 Å². The summed E-state index contributed by atoms with van der Waals surface area (Å²) >= 11 is 0. The zero-order valence-electron chi connectivity index (χ0n) is 14.7. The molecule has 24 heavy (non-hydrogen) atoms. The van der Waals surface area contributed by atoms with E-state index in [1.165, 1.54) is 13.2 Å². The SMILES string of the molecule is COC(=O)c1cc(F)c(C)c(NCC(=O)N2C(C)CCCC2C)c1. The van der Waals surface area contributed by atoms with Gasteiger partial charge in [-0.15, -0.1) is 0 Å². The maximum absolute atomic E-state index is 14.0. The smallest absolute Gasteiger partial charge is 0.338 e. The summed E-state index contributed by atoms with van der Waals surface area (Å²) in [6, 6.07) is 3.08. The number of carbonyl (C=O) groups is 2. The lowest BCUT2D eigenvalue weighted by atomic mass is 9.97. The highest BCUT2D eigenvalue weighted by atomic mass is 19.1. The number of hydrogen-bond acceptors (Lipinski definition) is 4. The molecular weight excluding hydrogens is 311 g/mol. The van der Waals surface area contributed by atoms with Crippen LogP contribution in [0.15, 0.2) is 12.1 Å². The number of amides is 1. The molecule has 1 saturated heterocycles. The summed E-state index contributed by atoms with van der Waals surface area (Å²) in [7, 11) is 1.25. The third kappa shape index (κ3) is 3.86. The summed E-state index contributed by atoms with van der Waals surface area (Å²) in [5, 5.41) is 2.97. The van der Waals surface area contributed by atoms with E-state index in [0.29, 0.717) is 11.3 Å². The van der Waals surface area contributed by atoms with Gasteiger partial charge in [-0.2, -0.15) is 0 Å². The Labute approximate surface area is 142 Å². The van der Waals surface area contributed by atoms with Gasteiger partial charge in [-0.25, -0.2) is 9.18 Å². The second kappa shape index (κ2) is 7.64. The van der Waals surface area contributed by atoms with E-state index in [9.17, 15) is 14.0 Å². The van der Waals surface area contributed by atoms with Crippen molar-refractivity contribution in [3.63, 3.8) is 0 Å². The summed E-state index contributed by atoms with van der Waals surface area (Å²) in [5.41, 5.74) is 0.923. The molecule has 1 aromatic carbocycles. The zero-order valence-corrected chi connectivity index (χ0v) is 14.7. The second-order valence-corrected chi connectivity index (χ2v) is 6.41. The highest BCUT2D eigenvalue weighted by Gasteiger charge is 2.28. The number of nitrogens with one attached hydrogen (secondary N) is 1. The molecule has 0 bridgehead atoms. The maximum Gasteiger partial charge on any atom is 0.338 e. The van der Waals surface area contributed by atoms with Gasteiger partial charge in [0.2, 0.25) is 5.91 Å². The number of methoxy groups -OCH3 is 1. The van der Waals surface area contributed by atoms with Crippen molar-refractivity contribution in [3.8, 4) is 0 Å². The standard InChI is InChI=1S/C18H25FN2O3/c1-11-6-5-7-12(2)21(11)17(22)10-20-16-9-14(18(23)24-4)8-15(19)13(16)3/h8-9,11-12,20H,5-7,10H2,1-4H3. The summed E-state index contributed by atoms with van der Waals surface area (Å²) in [4.78, 5) is 26.0. The third-order valence-electron chi connectivity index (χ3n) is 4.68. The topological polar surface area (TPSA) is 58.6 Å². The van der Waals surface area contributed by atoms with Gasteiger partial charge in [-0.3, -0.25) is 4.79 Å². The number of benzene rings is 1. The predicted molar refractivity (Wildman–Crippen MR) is 90.6 cm³/mol. The lowest BCUT2D eigenvalue weighted by molar-refractivity contribution is -0.135. The van der Waals surface area contributed by atoms with Gasteiger partial charge in [0, 0.05) is 23.3 Å². The lowest BCUT2D eigenvalue weighted by Gasteiger charge is -2.39. The van der Waals surface area contributed by atoms with Crippen LogP contribution >= 0.6 is 0 Å². The van der Waals surface area contributed by atoms with Gasteiger partial charge in [-0.05, 0) is 52.2 Å². The molecular formula is C18H25FN2O3. The number of ether oxygens (including phenoxy) is 1. The molecule has 0 saturated carbocycles. The Morgan fingerprint density at radius 2 is 1.92 bits per heavy atom. The number of hydrogen-bond donors (Lipinski definition) is 1. The molecule has 6 heteroatoms. The fourth-order valence-corrected chi connectivity index (χ4v) is 3.27. The molecule has 2 unspecified atom stereocenters. The summed E-state index contributed by atoms with van der Waals surface area (Å²) < 4.78 is 18.6. The fraction of sp³-hybridized carbons (Fsp3) is 0.556. The predicted octanol–water partition coefficient (Wildman–Crippen LogP) is 3.12. The van der Waals surface area contributed by atoms with E-state index in [4.69, 9.17) is 0 Å². The molecule has 0 aromatic heterocycles. The average Bonchev–Trinajstić information content (AvgIpc) is 2.55. The van der Waals surface area contributed by atoms with Crippen molar-refractivity contribution in [2.24, 2.45) is 0 Å². The molecule has 1 N–H and O–H groups in total. The molecule has 0 aliphatic carbocycles. The number of likely N-dealkylation sites (tertiary alicyclic amines) is 1. The first-order valence-electron chi connectivity index (χ1n) is 8.28. The minimum Gasteiger partial charge on any atom is -0.465 e. The van der Waals surface area contributed by atoms with Crippen LogP contribution in [-0.4, -0.2) is 42.5 Å². The van der Waals surface area contributed by atoms with Crippen LogP contribution in [0.25, 0.3) is 0 Å². The van der Waals surface area contributed by atoms with Crippen LogP contribution in [0.1, 0.15) is 49.0 Å². The minimum atomic E-state index is -0.610. The van der Waals surface area contributed by atoms with Crippen molar-refractivity contribution in [3.05, 3.63) is 29.1 Å². The monoisotopic (exact) mass is 336 g/mol. The normalized spacial score (nSPS) is 20.6. The van der Waals surface area contributed by atoms with Crippen LogP contribution in [0.2, 0.25) is 0 Å². The van der Waals surface area contributed by atoms with Crippen LogP contribution in [0, 0.1) is 12.7 Å². The second-order valence-electron chi connectivity index (χ2n) is 6.41. The van der Waals surface area contributed by atoms with Crippen LogP contribution < -0.4 is 5.32 Å². The number of carbonyl (C=O) groups excluding carboxylic acids is 2. The summed E-state index contributed by atoms with van der Waals surface area (Å²) in [6.07, 6.45) is 3.13. The Balaban J connectivity index is 2.12. The Morgan fingerprint density at radius 3 is 2.50 bits per heavy atom. The quantitative estimate of drug-likeness (QED) is 0.858. The van der Waals surface area contributed by atoms with Crippen LogP contribution in [-0.2, 0) is 9.53 Å². The van der Waals surface area contributed by atoms with Gasteiger partial charge < -0.3 is 15.0 Å². The van der Waals surface area contributed by atoms with Gasteiger partial charge in [0.05, 0.1) is 19.2 Å². The highest BCUT2D eigenvalue weighted by molar-refractivity contribution is 5.91. The van der Waals surface area contributed by atoms with Gasteiger partial charge in [0.15, 0.2) is 0 Å². The Bertz CT molecular complexity index is 623. The first kappa shape index (κ1) is 18.2. The van der Waals surface area contributed by atoms with Gasteiger partial charge in [0.1, 0.15) is 5.82 Å². The van der Waals surface area contributed by atoms with E-state index < -0.39 is 11.8 Å². The van der Waals surface area contributed by atoms with Crippen molar-refractivity contribution in [1.29, 1.82) is 0 Å². The summed E-state index contributed by atoms with van der Waals surface area (Å²) in [6.45, 7) is 5.78. The molecule has 1 aromatic rings. The van der Waals surface area contributed by atoms with Crippen molar-refractivity contribution >= 4 is 17.6 Å². The molecule has 2 rings (SSSR count). The van der Waals surface area contributed by atoms with Crippen LogP contribution in [0.5, 0.6) is 0 Å². The molecule has 1 amide bonds. The molecule has 132 valence electrons. The molecule has 5 nitrogen and oxygen atoms in total. The molecule has 0 radical (unpaired) electrons. The van der Waals surface area contributed by atoms with E-state index in [0.717, 1.165) is 25.3 Å². The van der Waals surface area contributed by atoms with E-state index in [1.807, 2.05) is 4.90 Å². The Kier molecular flexibility index (Phi) is 5.80. The van der Waals surface area contributed by atoms with Crippen LogP contribution in [0.4, 0.5) is 10.1 Å². The number of piperidine rings is 1. The number of anilines is 1. The number of esters is 1.